The molecule has 1 aliphatic rings. The molecule has 2 aromatic heterocycles. The summed E-state index contributed by atoms with van der Waals surface area (Å²) in [5.74, 6) is 0.788. The highest BCUT2D eigenvalue weighted by Crippen LogP contribution is 2.27. The van der Waals surface area contributed by atoms with E-state index in [-0.39, 0.29) is 5.91 Å². The summed E-state index contributed by atoms with van der Waals surface area (Å²) in [5.41, 5.74) is 7.29. The highest BCUT2D eigenvalue weighted by Gasteiger charge is 2.22. The predicted octanol–water partition coefficient (Wildman–Crippen LogP) is 3.13. The molecule has 3 rings (SSSR count). The number of hydrogen-bond donors (Lipinski definition) is 2. The maximum absolute atomic E-state index is 12.9. The van der Waals surface area contributed by atoms with Gasteiger partial charge in [0, 0.05) is 30.9 Å². The van der Waals surface area contributed by atoms with Gasteiger partial charge < -0.3 is 15.6 Å². The van der Waals surface area contributed by atoms with Gasteiger partial charge in [-0.25, -0.2) is 4.98 Å². The van der Waals surface area contributed by atoms with Gasteiger partial charge in [0.2, 0.25) is 5.91 Å². The van der Waals surface area contributed by atoms with E-state index in [0.29, 0.717) is 23.9 Å². The summed E-state index contributed by atoms with van der Waals surface area (Å²) in [7, 11) is 0. The van der Waals surface area contributed by atoms with Crippen LogP contribution in [-0.2, 0) is 11.2 Å². The minimum absolute atomic E-state index is 0.149. The van der Waals surface area contributed by atoms with Gasteiger partial charge in [-0.3, -0.25) is 4.79 Å². The van der Waals surface area contributed by atoms with E-state index in [0.717, 1.165) is 36.1 Å². The van der Waals surface area contributed by atoms with Crippen LogP contribution in [0.3, 0.4) is 0 Å². The SMILES string of the molecule is NCCCN(CC1CCCC1)C(=O)Cc1c[nH]c2nccc(Cl)c12. The van der Waals surface area contributed by atoms with Gasteiger partial charge in [0.05, 0.1) is 11.4 Å². The molecule has 0 radical (unpaired) electrons. The molecule has 0 spiro atoms. The minimum atomic E-state index is 0.149. The third kappa shape index (κ3) is 3.90. The van der Waals surface area contributed by atoms with Crippen LogP contribution in [0.1, 0.15) is 37.7 Å². The number of nitrogens with two attached hydrogens (primary N) is 1. The van der Waals surface area contributed by atoms with E-state index >= 15 is 0 Å². The van der Waals surface area contributed by atoms with Gasteiger partial charge in [0.25, 0.3) is 0 Å². The molecule has 0 atom stereocenters. The fourth-order valence-corrected chi connectivity index (χ4v) is 3.87. The Balaban J connectivity index is 1.73. The van der Waals surface area contributed by atoms with Crippen LogP contribution in [0.25, 0.3) is 11.0 Å². The van der Waals surface area contributed by atoms with E-state index in [1.165, 1.54) is 25.7 Å². The van der Waals surface area contributed by atoms with Gasteiger partial charge in [-0.15, -0.1) is 0 Å². The van der Waals surface area contributed by atoms with Crippen LogP contribution in [-0.4, -0.2) is 40.4 Å². The molecule has 0 aliphatic heterocycles. The third-order valence-corrected chi connectivity index (χ3v) is 5.20. The number of fused-ring (bicyclic) bond motifs is 1. The van der Waals surface area contributed by atoms with Crippen molar-refractivity contribution >= 4 is 28.5 Å². The first-order chi connectivity index (χ1) is 11.7. The van der Waals surface area contributed by atoms with E-state index in [1.54, 1.807) is 12.3 Å². The summed E-state index contributed by atoms with van der Waals surface area (Å²) in [6.07, 6.45) is 9.74. The molecule has 0 bridgehead atoms. The van der Waals surface area contributed by atoms with E-state index < -0.39 is 0 Å². The Hall–Kier alpha value is -1.59. The average molecular weight is 349 g/mol. The van der Waals surface area contributed by atoms with Crippen molar-refractivity contribution in [3.63, 3.8) is 0 Å². The smallest absolute Gasteiger partial charge is 0.227 e. The molecule has 2 heterocycles. The Kier molecular flexibility index (Phi) is 5.74. The number of pyridine rings is 1. The number of aromatic amines is 1. The zero-order valence-electron chi connectivity index (χ0n) is 13.9. The van der Waals surface area contributed by atoms with Gasteiger partial charge in [-0.1, -0.05) is 24.4 Å². The van der Waals surface area contributed by atoms with Crippen molar-refractivity contribution in [1.29, 1.82) is 0 Å². The lowest BCUT2D eigenvalue weighted by atomic mass is 10.1. The van der Waals surface area contributed by atoms with Crippen LogP contribution in [0.4, 0.5) is 0 Å². The highest BCUT2D eigenvalue weighted by molar-refractivity contribution is 6.35. The lowest BCUT2D eigenvalue weighted by Gasteiger charge is -2.25. The molecule has 1 fully saturated rings. The summed E-state index contributed by atoms with van der Waals surface area (Å²) in [6.45, 7) is 2.20. The fourth-order valence-electron chi connectivity index (χ4n) is 3.60. The van der Waals surface area contributed by atoms with Crippen LogP contribution >= 0.6 is 11.6 Å². The number of carbonyl (C=O) groups excluding carboxylic acids is 1. The van der Waals surface area contributed by atoms with Crippen molar-refractivity contribution in [2.24, 2.45) is 11.7 Å². The Morgan fingerprint density at radius 1 is 1.42 bits per heavy atom. The number of carbonyl (C=O) groups is 1. The van der Waals surface area contributed by atoms with Crippen LogP contribution in [0.2, 0.25) is 5.02 Å². The Morgan fingerprint density at radius 2 is 2.21 bits per heavy atom. The normalized spacial score (nSPS) is 15.2. The first-order valence-corrected chi connectivity index (χ1v) is 9.15. The maximum Gasteiger partial charge on any atom is 0.227 e. The number of aromatic nitrogens is 2. The standard InChI is InChI=1S/C18H25ClN4O/c19-15-6-8-21-18-17(15)14(11-22-18)10-16(24)23(9-3-7-20)12-13-4-1-2-5-13/h6,8,11,13H,1-5,7,9-10,12,20H2,(H,21,22). The van der Waals surface area contributed by atoms with Gasteiger partial charge in [-0.2, -0.15) is 0 Å². The average Bonchev–Trinajstić information content (AvgIpc) is 3.22. The summed E-state index contributed by atoms with van der Waals surface area (Å²) >= 11 is 6.29. The number of nitrogens with zero attached hydrogens (tertiary/aromatic N) is 2. The van der Waals surface area contributed by atoms with Crippen LogP contribution in [0.15, 0.2) is 18.5 Å². The van der Waals surface area contributed by atoms with Crippen molar-refractivity contribution in [3.05, 3.63) is 29.0 Å². The van der Waals surface area contributed by atoms with Crippen LogP contribution < -0.4 is 5.73 Å². The second-order valence-electron chi connectivity index (χ2n) is 6.64. The molecule has 3 N–H and O–H groups in total. The van der Waals surface area contributed by atoms with Crippen molar-refractivity contribution < 1.29 is 4.79 Å². The van der Waals surface area contributed by atoms with E-state index in [4.69, 9.17) is 17.3 Å². The molecule has 24 heavy (non-hydrogen) atoms. The topological polar surface area (TPSA) is 75.0 Å². The van der Waals surface area contributed by atoms with E-state index in [9.17, 15) is 4.79 Å². The van der Waals surface area contributed by atoms with Crippen LogP contribution in [0, 0.1) is 5.92 Å². The van der Waals surface area contributed by atoms with Gasteiger partial charge in [-0.05, 0) is 43.4 Å². The first-order valence-electron chi connectivity index (χ1n) is 8.77. The predicted molar refractivity (Wildman–Crippen MR) is 97.0 cm³/mol. The molecule has 5 nitrogen and oxygen atoms in total. The quantitative estimate of drug-likeness (QED) is 0.807. The van der Waals surface area contributed by atoms with Crippen molar-refractivity contribution in [3.8, 4) is 0 Å². The molecule has 1 saturated carbocycles. The highest BCUT2D eigenvalue weighted by atomic mass is 35.5. The molecular weight excluding hydrogens is 324 g/mol. The second-order valence-corrected chi connectivity index (χ2v) is 7.05. The number of amides is 1. The summed E-state index contributed by atoms with van der Waals surface area (Å²) in [6, 6.07) is 1.76. The van der Waals surface area contributed by atoms with Gasteiger partial charge in [0.1, 0.15) is 5.65 Å². The molecule has 6 heteroatoms. The number of nitrogens with one attached hydrogen (secondary N) is 1. The minimum Gasteiger partial charge on any atom is -0.346 e. The molecule has 1 aliphatic carbocycles. The number of H-pyrrole nitrogens is 1. The Labute approximate surface area is 147 Å². The summed E-state index contributed by atoms with van der Waals surface area (Å²) < 4.78 is 0. The fraction of sp³-hybridized carbons (Fsp3) is 0.556. The Morgan fingerprint density at radius 3 is 2.96 bits per heavy atom. The molecule has 0 aromatic carbocycles. The zero-order chi connectivity index (χ0) is 16.9. The monoisotopic (exact) mass is 348 g/mol. The van der Waals surface area contributed by atoms with Gasteiger partial charge >= 0.3 is 0 Å². The van der Waals surface area contributed by atoms with E-state index in [2.05, 4.69) is 9.97 Å². The number of rotatable bonds is 7. The number of halogens is 1. The molecule has 1 amide bonds. The van der Waals surface area contributed by atoms with Crippen molar-refractivity contribution in [2.45, 2.75) is 38.5 Å². The molecule has 0 saturated heterocycles. The first kappa shape index (κ1) is 17.2. The summed E-state index contributed by atoms with van der Waals surface area (Å²) in [4.78, 5) is 22.2. The second kappa shape index (κ2) is 7.99. The summed E-state index contributed by atoms with van der Waals surface area (Å²) in [5, 5.41) is 1.49. The zero-order valence-corrected chi connectivity index (χ0v) is 14.7. The molecule has 0 unspecified atom stereocenters. The largest absolute Gasteiger partial charge is 0.346 e. The third-order valence-electron chi connectivity index (χ3n) is 4.88. The molecule has 2 aromatic rings. The van der Waals surface area contributed by atoms with Gasteiger partial charge in [0.15, 0.2) is 0 Å². The van der Waals surface area contributed by atoms with Crippen molar-refractivity contribution in [2.75, 3.05) is 19.6 Å². The number of hydrogen-bond acceptors (Lipinski definition) is 3. The lowest BCUT2D eigenvalue weighted by Crippen LogP contribution is -2.37. The van der Waals surface area contributed by atoms with E-state index in [1.807, 2.05) is 11.1 Å². The van der Waals surface area contributed by atoms with Crippen LogP contribution in [0.5, 0.6) is 0 Å². The Bertz CT molecular complexity index is 693. The molecular formula is C18H25ClN4O. The molecule has 130 valence electrons. The van der Waals surface area contributed by atoms with Crippen molar-refractivity contribution in [1.82, 2.24) is 14.9 Å². The maximum atomic E-state index is 12.9. The lowest BCUT2D eigenvalue weighted by molar-refractivity contribution is -0.131.